The molecule has 0 saturated carbocycles. The van der Waals surface area contributed by atoms with Crippen molar-refractivity contribution in [2.75, 3.05) is 19.0 Å². The van der Waals surface area contributed by atoms with Crippen molar-refractivity contribution in [2.45, 2.75) is 51.9 Å². The summed E-state index contributed by atoms with van der Waals surface area (Å²) in [6.45, 7) is 2.75. The zero-order valence-electron chi connectivity index (χ0n) is 14.2. The molecule has 1 aromatic rings. The highest BCUT2D eigenvalue weighted by atomic mass is 16.5. The molecule has 0 aliphatic rings. The van der Waals surface area contributed by atoms with Gasteiger partial charge in [-0.3, -0.25) is 9.59 Å². The summed E-state index contributed by atoms with van der Waals surface area (Å²) in [5.74, 6) is -0.531. The predicted octanol–water partition coefficient (Wildman–Crippen LogP) is 3.50. The van der Waals surface area contributed by atoms with Crippen LogP contribution in [0.5, 0.6) is 5.75 Å². The molecule has 0 unspecified atom stereocenters. The number of carbonyl (C=O) groups excluding carboxylic acids is 2. The number of unbranched alkanes of at least 4 members (excludes halogenated alkanes) is 6. The summed E-state index contributed by atoms with van der Waals surface area (Å²) in [6, 6.07) is 6.85. The number of rotatable bonds is 10. The van der Waals surface area contributed by atoms with Crippen LogP contribution in [0.25, 0.3) is 0 Å². The van der Waals surface area contributed by atoms with Crippen molar-refractivity contribution in [3.63, 3.8) is 0 Å². The largest absolute Gasteiger partial charge is 0.497 e. The molecule has 0 heterocycles. The van der Waals surface area contributed by atoms with E-state index in [0.717, 1.165) is 12.8 Å². The molecule has 0 aliphatic carbocycles. The van der Waals surface area contributed by atoms with Gasteiger partial charge in [-0.25, -0.2) is 0 Å². The van der Waals surface area contributed by atoms with Crippen LogP contribution in [-0.4, -0.2) is 25.5 Å². The van der Waals surface area contributed by atoms with Crippen LogP contribution in [-0.2, 0) is 9.59 Å². The first kappa shape index (κ1) is 19.0. The van der Waals surface area contributed by atoms with Gasteiger partial charge in [0, 0.05) is 12.2 Å². The Bertz CT molecular complexity index is 472. The molecule has 0 bridgehead atoms. The van der Waals surface area contributed by atoms with Gasteiger partial charge in [-0.15, -0.1) is 0 Å². The molecule has 5 nitrogen and oxygen atoms in total. The Morgan fingerprint density at radius 1 is 0.913 bits per heavy atom. The summed E-state index contributed by atoms with van der Waals surface area (Å²) in [7, 11) is 1.57. The summed E-state index contributed by atoms with van der Waals surface area (Å²) < 4.78 is 5.04. The smallest absolute Gasteiger partial charge is 0.313 e. The summed E-state index contributed by atoms with van der Waals surface area (Å²) in [5.41, 5.74) is 0.571. The van der Waals surface area contributed by atoms with Crippen LogP contribution in [0.3, 0.4) is 0 Å². The van der Waals surface area contributed by atoms with Gasteiger partial charge in [0.05, 0.1) is 7.11 Å². The van der Waals surface area contributed by atoms with E-state index in [9.17, 15) is 9.59 Å². The molecule has 2 N–H and O–H groups in total. The first-order valence-corrected chi connectivity index (χ1v) is 8.40. The van der Waals surface area contributed by atoms with Crippen molar-refractivity contribution >= 4 is 17.5 Å². The fourth-order valence-corrected chi connectivity index (χ4v) is 2.23. The van der Waals surface area contributed by atoms with Crippen LogP contribution in [0.4, 0.5) is 5.69 Å². The quantitative estimate of drug-likeness (QED) is 0.512. The number of amides is 2. The molecule has 0 fully saturated rings. The molecule has 0 aromatic heterocycles. The highest BCUT2D eigenvalue weighted by Crippen LogP contribution is 2.14. The molecule has 23 heavy (non-hydrogen) atoms. The van der Waals surface area contributed by atoms with Gasteiger partial charge in [0.15, 0.2) is 0 Å². The molecule has 0 atom stereocenters. The van der Waals surface area contributed by atoms with Gasteiger partial charge in [-0.05, 0) is 30.7 Å². The van der Waals surface area contributed by atoms with Crippen LogP contribution >= 0.6 is 0 Å². The highest BCUT2D eigenvalue weighted by Gasteiger charge is 2.12. The molecule has 1 rings (SSSR count). The van der Waals surface area contributed by atoms with E-state index >= 15 is 0 Å². The molecular formula is C18H28N2O3. The maximum Gasteiger partial charge on any atom is 0.313 e. The predicted molar refractivity (Wildman–Crippen MR) is 92.6 cm³/mol. The second-order valence-electron chi connectivity index (χ2n) is 5.56. The maximum absolute atomic E-state index is 11.8. The fourth-order valence-electron chi connectivity index (χ4n) is 2.23. The zero-order chi connectivity index (χ0) is 16.9. The molecule has 0 radical (unpaired) electrons. The minimum atomic E-state index is -0.641. The lowest BCUT2D eigenvalue weighted by molar-refractivity contribution is -0.136. The third-order valence-corrected chi connectivity index (χ3v) is 3.62. The number of ether oxygens (including phenoxy) is 1. The zero-order valence-corrected chi connectivity index (χ0v) is 14.2. The van der Waals surface area contributed by atoms with Gasteiger partial charge in [-0.1, -0.05) is 45.4 Å². The molecule has 2 amide bonds. The Kier molecular flexibility index (Phi) is 9.52. The lowest BCUT2D eigenvalue weighted by Crippen LogP contribution is -2.35. The normalized spacial score (nSPS) is 10.2. The number of methoxy groups -OCH3 is 1. The molecule has 0 aliphatic heterocycles. The third kappa shape index (κ3) is 8.24. The van der Waals surface area contributed by atoms with E-state index in [0.29, 0.717) is 18.0 Å². The number of hydrogen-bond donors (Lipinski definition) is 2. The molecule has 0 spiro atoms. The summed E-state index contributed by atoms with van der Waals surface area (Å²) in [6.07, 6.45) is 8.26. The van der Waals surface area contributed by atoms with Crippen molar-refractivity contribution in [3.8, 4) is 5.75 Å². The summed E-state index contributed by atoms with van der Waals surface area (Å²) in [5, 5.41) is 5.21. The number of carbonyl (C=O) groups is 2. The monoisotopic (exact) mass is 320 g/mol. The van der Waals surface area contributed by atoms with Crippen molar-refractivity contribution in [1.82, 2.24) is 5.32 Å². The SMILES string of the molecule is CCCCCCCCCNC(=O)C(=O)Nc1ccc(OC)cc1. The first-order valence-electron chi connectivity index (χ1n) is 8.40. The van der Waals surface area contributed by atoms with Crippen molar-refractivity contribution in [3.05, 3.63) is 24.3 Å². The average molecular weight is 320 g/mol. The number of hydrogen-bond acceptors (Lipinski definition) is 3. The second kappa shape index (κ2) is 11.5. The van der Waals surface area contributed by atoms with E-state index in [1.807, 2.05) is 0 Å². The minimum Gasteiger partial charge on any atom is -0.497 e. The van der Waals surface area contributed by atoms with Crippen LogP contribution < -0.4 is 15.4 Å². The van der Waals surface area contributed by atoms with Crippen LogP contribution in [0.2, 0.25) is 0 Å². The van der Waals surface area contributed by atoms with Gasteiger partial charge in [0.25, 0.3) is 0 Å². The van der Waals surface area contributed by atoms with E-state index in [4.69, 9.17) is 4.74 Å². The molecular weight excluding hydrogens is 292 g/mol. The molecule has 5 heteroatoms. The Morgan fingerprint density at radius 3 is 2.13 bits per heavy atom. The summed E-state index contributed by atoms with van der Waals surface area (Å²) in [4.78, 5) is 23.4. The van der Waals surface area contributed by atoms with E-state index in [-0.39, 0.29) is 0 Å². The van der Waals surface area contributed by atoms with Gasteiger partial charge >= 0.3 is 11.8 Å². The number of anilines is 1. The highest BCUT2D eigenvalue weighted by molar-refractivity contribution is 6.39. The Morgan fingerprint density at radius 2 is 1.52 bits per heavy atom. The minimum absolute atomic E-state index is 0.544. The fraction of sp³-hybridized carbons (Fsp3) is 0.556. The van der Waals surface area contributed by atoms with Gasteiger partial charge in [0.2, 0.25) is 0 Å². The molecule has 1 aromatic carbocycles. The van der Waals surface area contributed by atoms with Crippen molar-refractivity contribution < 1.29 is 14.3 Å². The number of nitrogens with one attached hydrogen (secondary N) is 2. The topological polar surface area (TPSA) is 67.4 Å². The van der Waals surface area contributed by atoms with E-state index < -0.39 is 11.8 Å². The van der Waals surface area contributed by atoms with Crippen molar-refractivity contribution in [1.29, 1.82) is 0 Å². The maximum atomic E-state index is 11.8. The summed E-state index contributed by atoms with van der Waals surface area (Å²) >= 11 is 0. The Balaban J connectivity index is 2.15. The van der Waals surface area contributed by atoms with Crippen LogP contribution in [0.15, 0.2) is 24.3 Å². The van der Waals surface area contributed by atoms with Gasteiger partial charge in [-0.2, -0.15) is 0 Å². The van der Waals surface area contributed by atoms with E-state index in [1.165, 1.54) is 32.1 Å². The van der Waals surface area contributed by atoms with Crippen molar-refractivity contribution in [2.24, 2.45) is 0 Å². The third-order valence-electron chi connectivity index (χ3n) is 3.62. The van der Waals surface area contributed by atoms with E-state index in [1.54, 1.807) is 31.4 Å². The standard InChI is InChI=1S/C18H28N2O3/c1-3-4-5-6-7-8-9-14-19-17(21)18(22)20-15-10-12-16(23-2)13-11-15/h10-13H,3-9,14H2,1-2H3,(H,19,21)(H,20,22). The Hall–Kier alpha value is -2.04. The van der Waals surface area contributed by atoms with Crippen LogP contribution in [0.1, 0.15) is 51.9 Å². The first-order chi connectivity index (χ1) is 11.2. The Labute approximate surface area is 138 Å². The molecule has 0 saturated heterocycles. The lowest BCUT2D eigenvalue weighted by Gasteiger charge is -2.07. The number of benzene rings is 1. The van der Waals surface area contributed by atoms with Gasteiger partial charge in [0.1, 0.15) is 5.75 Å². The molecule has 128 valence electrons. The van der Waals surface area contributed by atoms with Crippen LogP contribution in [0, 0.1) is 0 Å². The average Bonchev–Trinajstić information content (AvgIpc) is 2.57. The lowest BCUT2D eigenvalue weighted by atomic mass is 10.1. The van der Waals surface area contributed by atoms with E-state index in [2.05, 4.69) is 17.6 Å². The second-order valence-corrected chi connectivity index (χ2v) is 5.56. The van der Waals surface area contributed by atoms with Gasteiger partial charge < -0.3 is 15.4 Å².